The summed E-state index contributed by atoms with van der Waals surface area (Å²) in [5.74, 6) is 0.762. The molecule has 10 heavy (non-hydrogen) atoms. The summed E-state index contributed by atoms with van der Waals surface area (Å²) >= 11 is 0. The van der Waals surface area contributed by atoms with Gasteiger partial charge in [0.15, 0.2) is 0 Å². The Balaban J connectivity index is 2.38. The van der Waals surface area contributed by atoms with Crippen molar-refractivity contribution in [3.8, 4) is 0 Å². The van der Waals surface area contributed by atoms with Gasteiger partial charge in [-0.05, 0) is 37.7 Å². The maximum absolute atomic E-state index is 2.41. The van der Waals surface area contributed by atoms with Crippen LogP contribution in [0.2, 0.25) is 0 Å². The lowest BCUT2D eigenvalue weighted by Crippen LogP contribution is -1.87. The molecule has 2 aliphatic carbocycles. The van der Waals surface area contributed by atoms with Crippen LogP contribution in [-0.2, 0) is 0 Å². The van der Waals surface area contributed by atoms with Crippen LogP contribution in [0.1, 0.15) is 33.1 Å². The molecule has 0 saturated heterocycles. The highest BCUT2D eigenvalue weighted by atomic mass is 14.3. The predicted molar refractivity (Wildman–Crippen MR) is 43.8 cm³/mol. The standard InChI is InChI=1S/C10H14/c1-7-6-8(2)10-5-3-4-9(7)10/h6-7H,3-5H2,1-2H3. The average Bonchev–Trinajstić information content (AvgIpc) is 2.39. The molecule has 0 radical (unpaired) electrons. The van der Waals surface area contributed by atoms with Gasteiger partial charge < -0.3 is 0 Å². The van der Waals surface area contributed by atoms with Crippen LogP contribution in [0.5, 0.6) is 0 Å². The fourth-order valence-corrected chi connectivity index (χ4v) is 2.30. The molecular weight excluding hydrogens is 120 g/mol. The Kier molecular flexibility index (Phi) is 1.23. The first-order valence-corrected chi connectivity index (χ1v) is 4.20. The lowest BCUT2D eigenvalue weighted by atomic mass is 10.0. The number of allylic oxidation sites excluding steroid dienone is 4. The van der Waals surface area contributed by atoms with Gasteiger partial charge in [0.2, 0.25) is 0 Å². The third kappa shape index (κ3) is 0.681. The van der Waals surface area contributed by atoms with Crippen LogP contribution in [-0.4, -0.2) is 0 Å². The van der Waals surface area contributed by atoms with Crippen molar-refractivity contribution in [3.63, 3.8) is 0 Å². The van der Waals surface area contributed by atoms with Crippen LogP contribution in [0.3, 0.4) is 0 Å². The molecule has 0 heterocycles. The Labute approximate surface area is 62.6 Å². The van der Waals surface area contributed by atoms with Crippen molar-refractivity contribution in [2.75, 3.05) is 0 Å². The van der Waals surface area contributed by atoms with E-state index in [0.29, 0.717) is 0 Å². The molecule has 0 aliphatic heterocycles. The van der Waals surface area contributed by atoms with Crippen LogP contribution in [0, 0.1) is 5.92 Å². The predicted octanol–water partition coefficient (Wildman–Crippen LogP) is 3.06. The molecule has 1 unspecified atom stereocenters. The first-order valence-electron chi connectivity index (χ1n) is 4.20. The summed E-state index contributed by atoms with van der Waals surface area (Å²) in [4.78, 5) is 0. The van der Waals surface area contributed by atoms with Crippen LogP contribution < -0.4 is 0 Å². The van der Waals surface area contributed by atoms with E-state index in [1.165, 1.54) is 19.3 Å². The zero-order valence-electron chi connectivity index (χ0n) is 6.78. The minimum Gasteiger partial charge on any atom is -0.0744 e. The summed E-state index contributed by atoms with van der Waals surface area (Å²) in [5.41, 5.74) is 4.98. The Morgan fingerprint density at radius 2 is 2.20 bits per heavy atom. The molecule has 0 bridgehead atoms. The Bertz CT molecular complexity index is 218. The van der Waals surface area contributed by atoms with Crippen molar-refractivity contribution in [1.82, 2.24) is 0 Å². The Hall–Kier alpha value is -0.520. The van der Waals surface area contributed by atoms with Gasteiger partial charge in [-0.25, -0.2) is 0 Å². The summed E-state index contributed by atoms with van der Waals surface area (Å²) < 4.78 is 0. The second kappa shape index (κ2) is 1.98. The van der Waals surface area contributed by atoms with E-state index in [1.807, 2.05) is 0 Å². The zero-order valence-corrected chi connectivity index (χ0v) is 6.78. The van der Waals surface area contributed by atoms with Crippen LogP contribution in [0.15, 0.2) is 22.8 Å². The molecule has 0 amide bonds. The van der Waals surface area contributed by atoms with E-state index < -0.39 is 0 Å². The molecule has 0 N–H and O–H groups in total. The molecule has 0 aromatic carbocycles. The van der Waals surface area contributed by atoms with E-state index in [1.54, 1.807) is 16.7 Å². The second-order valence-electron chi connectivity index (χ2n) is 3.50. The van der Waals surface area contributed by atoms with E-state index >= 15 is 0 Å². The van der Waals surface area contributed by atoms with E-state index in [-0.39, 0.29) is 0 Å². The van der Waals surface area contributed by atoms with Crippen molar-refractivity contribution < 1.29 is 0 Å². The minimum atomic E-state index is 0.762. The molecule has 0 aromatic heterocycles. The highest BCUT2D eigenvalue weighted by molar-refractivity contribution is 5.45. The summed E-state index contributed by atoms with van der Waals surface area (Å²) in [6.07, 6.45) is 6.52. The van der Waals surface area contributed by atoms with Crippen molar-refractivity contribution in [1.29, 1.82) is 0 Å². The number of rotatable bonds is 0. The molecule has 0 fully saturated rings. The lowest BCUT2D eigenvalue weighted by molar-refractivity contribution is 0.788. The molecule has 2 rings (SSSR count). The minimum absolute atomic E-state index is 0.762. The molecule has 54 valence electrons. The smallest absolute Gasteiger partial charge is 0.00399 e. The second-order valence-corrected chi connectivity index (χ2v) is 3.50. The van der Waals surface area contributed by atoms with E-state index in [4.69, 9.17) is 0 Å². The summed E-state index contributed by atoms with van der Waals surface area (Å²) in [5, 5.41) is 0. The Morgan fingerprint density at radius 1 is 1.40 bits per heavy atom. The van der Waals surface area contributed by atoms with Gasteiger partial charge in [0.1, 0.15) is 0 Å². The quantitative estimate of drug-likeness (QED) is 0.477. The highest BCUT2D eigenvalue weighted by Gasteiger charge is 2.24. The third-order valence-corrected chi connectivity index (χ3v) is 2.79. The van der Waals surface area contributed by atoms with Crippen molar-refractivity contribution in [2.24, 2.45) is 5.92 Å². The van der Waals surface area contributed by atoms with Gasteiger partial charge in [0.05, 0.1) is 0 Å². The summed E-state index contributed by atoms with van der Waals surface area (Å²) in [6.45, 7) is 4.57. The topological polar surface area (TPSA) is 0 Å². The molecular formula is C10H14. The average molecular weight is 134 g/mol. The first-order chi connectivity index (χ1) is 4.79. The van der Waals surface area contributed by atoms with Gasteiger partial charge in [-0.1, -0.05) is 24.1 Å². The molecule has 0 aromatic rings. The van der Waals surface area contributed by atoms with Gasteiger partial charge in [0, 0.05) is 0 Å². The van der Waals surface area contributed by atoms with E-state index in [9.17, 15) is 0 Å². The third-order valence-electron chi connectivity index (χ3n) is 2.79. The van der Waals surface area contributed by atoms with Crippen LogP contribution in [0.4, 0.5) is 0 Å². The normalized spacial score (nSPS) is 31.0. The van der Waals surface area contributed by atoms with Crippen LogP contribution >= 0.6 is 0 Å². The lowest BCUT2D eigenvalue weighted by Gasteiger charge is -2.01. The Morgan fingerprint density at radius 3 is 2.90 bits per heavy atom. The number of hydrogen-bond donors (Lipinski definition) is 0. The van der Waals surface area contributed by atoms with Crippen molar-refractivity contribution in [3.05, 3.63) is 22.8 Å². The molecule has 0 nitrogen and oxygen atoms in total. The molecule has 0 spiro atoms. The van der Waals surface area contributed by atoms with Crippen molar-refractivity contribution >= 4 is 0 Å². The highest BCUT2D eigenvalue weighted by Crippen LogP contribution is 2.41. The SMILES string of the molecule is CC1=CC(C)C2=C1CCC2. The number of hydrogen-bond acceptors (Lipinski definition) is 0. The maximum atomic E-state index is 2.41. The molecule has 2 aliphatic rings. The van der Waals surface area contributed by atoms with Crippen LogP contribution in [0.25, 0.3) is 0 Å². The summed E-state index contributed by atoms with van der Waals surface area (Å²) in [7, 11) is 0. The van der Waals surface area contributed by atoms with Gasteiger partial charge in [-0.2, -0.15) is 0 Å². The largest absolute Gasteiger partial charge is 0.0744 e. The monoisotopic (exact) mass is 134 g/mol. The fourth-order valence-electron chi connectivity index (χ4n) is 2.30. The van der Waals surface area contributed by atoms with Gasteiger partial charge in [-0.15, -0.1) is 0 Å². The molecule has 0 heteroatoms. The maximum Gasteiger partial charge on any atom is -0.00399 e. The van der Waals surface area contributed by atoms with Gasteiger partial charge in [-0.3, -0.25) is 0 Å². The molecule has 0 saturated carbocycles. The van der Waals surface area contributed by atoms with Crippen molar-refractivity contribution in [2.45, 2.75) is 33.1 Å². The van der Waals surface area contributed by atoms with E-state index in [0.717, 1.165) is 5.92 Å². The fraction of sp³-hybridized carbons (Fsp3) is 0.600. The van der Waals surface area contributed by atoms with Gasteiger partial charge in [0.25, 0.3) is 0 Å². The van der Waals surface area contributed by atoms with E-state index in [2.05, 4.69) is 19.9 Å². The summed E-state index contributed by atoms with van der Waals surface area (Å²) in [6, 6.07) is 0. The molecule has 1 atom stereocenters. The zero-order chi connectivity index (χ0) is 7.14. The van der Waals surface area contributed by atoms with Gasteiger partial charge >= 0.3 is 0 Å². The first kappa shape index (κ1) is 6.21.